The summed E-state index contributed by atoms with van der Waals surface area (Å²) in [6.07, 6.45) is -1.11. The van der Waals surface area contributed by atoms with E-state index in [1.165, 1.54) is 18.2 Å². The van der Waals surface area contributed by atoms with Crippen molar-refractivity contribution in [2.24, 2.45) is 0 Å². The van der Waals surface area contributed by atoms with Crippen molar-refractivity contribution in [1.82, 2.24) is 9.80 Å². The number of carbonyl (C=O) groups is 6. The minimum absolute atomic E-state index is 0.147. The molecule has 2 N–H and O–H groups in total. The van der Waals surface area contributed by atoms with Crippen LogP contribution in [-0.2, 0) is 43.6 Å². The minimum Gasteiger partial charge on any atom is -0.438 e. The molecule has 0 spiro atoms. The molecule has 0 saturated carbocycles. The number of carbonyl (C=O) groups excluding carboxylic acids is 6. The van der Waals surface area contributed by atoms with Crippen LogP contribution in [0, 0.1) is 0 Å². The standard InChI is InChI=1S/C26H21N3O11S/c1-39-26(35)40-19-12-23(33)29(25(19)34)24-17-10-13(27-20(30)8-9-28-21(31)6-7-22(28)32)2-4-15(17)16-5-3-14(11-18(16)24)41(36,37)38/h2-7,10-11,19,24H,8-9,12H2,1H3,(H,27,30)(H,36,37,38). The van der Waals surface area contributed by atoms with Crippen LogP contribution in [0.3, 0.4) is 0 Å². The molecule has 2 heterocycles. The van der Waals surface area contributed by atoms with E-state index in [4.69, 9.17) is 4.74 Å². The van der Waals surface area contributed by atoms with Gasteiger partial charge in [0.1, 0.15) is 0 Å². The lowest BCUT2D eigenvalue weighted by Gasteiger charge is -2.25. The normalized spacial score (nSPS) is 19.5. The molecule has 2 aromatic rings. The molecule has 15 heteroatoms. The summed E-state index contributed by atoms with van der Waals surface area (Å²) >= 11 is 0. The lowest BCUT2D eigenvalue weighted by atomic mass is 10.0. The number of likely N-dealkylation sites (tertiary alicyclic amines) is 1. The van der Waals surface area contributed by atoms with Gasteiger partial charge in [0.15, 0.2) is 6.10 Å². The minimum atomic E-state index is -4.65. The Kier molecular flexibility index (Phi) is 6.92. The molecule has 41 heavy (non-hydrogen) atoms. The van der Waals surface area contributed by atoms with Gasteiger partial charge in [-0.2, -0.15) is 8.42 Å². The summed E-state index contributed by atoms with van der Waals surface area (Å²) in [5.41, 5.74) is 1.78. The smallest absolute Gasteiger partial charge is 0.438 e. The Bertz CT molecular complexity index is 1660. The highest BCUT2D eigenvalue weighted by Gasteiger charge is 2.48. The maximum Gasteiger partial charge on any atom is 0.508 e. The van der Waals surface area contributed by atoms with Gasteiger partial charge in [-0.3, -0.25) is 38.3 Å². The molecule has 1 saturated heterocycles. The third-order valence-corrected chi connectivity index (χ3v) is 7.65. The summed E-state index contributed by atoms with van der Waals surface area (Å²) in [4.78, 5) is 75.3. The zero-order valence-electron chi connectivity index (χ0n) is 21.2. The molecule has 5 rings (SSSR count). The van der Waals surface area contributed by atoms with E-state index in [9.17, 15) is 41.7 Å². The van der Waals surface area contributed by atoms with Gasteiger partial charge in [0.25, 0.3) is 27.8 Å². The van der Waals surface area contributed by atoms with Gasteiger partial charge in [0.2, 0.25) is 11.8 Å². The Hall–Kier alpha value is -4.89. The van der Waals surface area contributed by atoms with Crippen LogP contribution < -0.4 is 5.32 Å². The first-order valence-electron chi connectivity index (χ1n) is 12.1. The van der Waals surface area contributed by atoms with Crippen molar-refractivity contribution in [1.29, 1.82) is 0 Å². The third kappa shape index (κ3) is 5.07. The number of hydrogen-bond acceptors (Lipinski definition) is 10. The van der Waals surface area contributed by atoms with Crippen molar-refractivity contribution < 1.29 is 51.2 Å². The topological polar surface area (TPSA) is 194 Å². The monoisotopic (exact) mass is 583 g/mol. The average molecular weight is 584 g/mol. The Balaban J connectivity index is 1.47. The number of methoxy groups -OCH3 is 1. The SMILES string of the molecule is COC(=O)OC1CC(=O)N(C2c3cc(NC(=O)CCN4C(=O)C=CC4=O)ccc3-c3ccc(S(=O)(=O)O)cc32)C1=O. The molecule has 2 aromatic carbocycles. The molecule has 2 unspecified atom stereocenters. The maximum atomic E-state index is 13.3. The van der Waals surface area contributed by atoms with Crippen molar-refractivity contribution in [3.63, 3.8) is 0 Å². The van der Waals surface area contributed by atoms with E-state index in [-0.39, 0.29) is 24.2 Å². The van der Waals surface area contributed by atoms with Crippen molar-refractivity contribution in [2.75, 3.05) is 19.0 Å². The maximum absolute atomic E-state index is 13.3. The van der Waals surface area contributed by atoms with Gasteiger partial charge < -0.3 is 14.8 Å². The zero-order valence-corrected chi connectivity index (χ0v) is 22.0. The molecule has 0 aromatic heterocycles. The second-order valence-corrected chi connectivity index (χ2v) is 10.7. The number of fused-ring (bicyclic) bond motifs is 3. The van der Waals surface area contributed by atoms with E-state index >= 15 is 0 Å². The zero-order chi connectivity index (χ0) is 29.6. The van der Waals surface area contributed by atoms with E-state index in [1.807, 2.05) is 0 Å². The third-order valence-electron chi connectivity index (χ3n) is 6.80. The molecule has 0 radical (unpaired) electrons. The van der Waals surface area contributed by atoms with Crippen LogP contribution in [0.25, 0.3) is 11.1 Å². The number of benzene rings is 2. The van der Waals surface area contributed by atoms with Crippen LogP contribution in [-0.4, -0.2) is 78.2 Å². The van der Waals surface area contributed by atoms with E-state index in [1.54, 1.807) is 12.1 Å². The molecule has 3 aliphatic rings. The molecule has 5 amide bonds. The number of amides is 5. The summed E-state index contributed by atoms with van der Waals surface area (Å²) < 4.78 is 42.7. The van der Waals surface area contributed by atoms with Crippen molar-refractivity contribution >= 4 is 51.5 Å². The molecule has 2 aliphatic heterocycles. The second kappa shape index (κ2) is 10.3. The van der Waals surface area contributed by atoms with Crippen molar-refractivity contribution in [2.45, 2.75) is 29.9 Å². The Labute approximate surface area is 232 Å². The predicted octanol–water partition coefficient (Wildman–Crippen LogP) is 1.17. The van der Waals surface area contributed by atoms with Gasteiger partial charge in [-0.25, -0.2) is 4.79 Å². The van der Waals surface area contributed by atoms with E-state index in [2.05, 4.69) is 10.1 Å². The van der Waals surface area contributed by atoms with Crippen LogP contribution >= 0.6 is 0 Å². The highest BCUT2D eigenvalue weighted by molar-refractivity contribution is 7.85. The quantitative estimate of drug-likeness (QED) is 0.270. The fourth-order valence-electron chi connectivity index (χ4n) is 4.97. The molecule has 1 fully saturated rings. The Morgan fingerprint density at radius 3 is 2.27 bits per heavy atom. The summed E-state index contributed by atoms with van der Waals surface area (Å²) in [6.45, 7) is -0.147. The largest absolute Gasteiger partial charge is 0.508 e. The summed E-state index contributed by atoms with van der Waals surface area (Å²) in [7, 11) is -3.61. The molecule has 14 nitrogen and oxygen atoms in total. The van der Waals surface area contributed by atoms with Crippen LogP contribution in [0.4, 0.5) is 10.5 Å². The first-order valence-corrected chi connectivity index (χ1v) is 13.5. The van der Waals surface area contributed by atoms with Gasteiger partial charge in [-0.05, 0) is 46.5 Å². The summed E-state index contributed by atoms with van der Waals surface area (Å²) in [5, 5.41) is 2.64. The van der Waals surface area contributed by atoms with Gasteiger partial charge in [0.05, 0.1) is 24.5 Å². The average Bonchev–Trinajstić information content (AvgIpc) is 3.51. The molecular weight excluding hydrogens is 562 g/mol. The number of hydrogen-bond donors (Lipinski definition) is 2. The van der Waals surface area contributed by atoms with Crippen LogP contribution in [0.5, 0.6) is 0 Å². The Morgan fingerprint density at radius 2 is 1.63 bits per heavy atom. The number of anilines is 1. The summed E-state index contributed by atoms with van der Waals surface area (Å²) in [6, 6.07) is 7.18. The lowest BCUT2D eigenvalue weighted by Crippen LogP contribution is -2.36. The van der Waals surface area contributed by atoms with Crippen molar-refractivity contribution in [3.05, 3.63) is 59.7 Å². The van der Waals surface area contributed by atoms with Gasteiger partial charge >= 0.3 is 6.16 Å². The van der Waals surface area contributed by atoms with Crippen molar-refractivity contribution in [3.8, 4) is 11.1 Å². The van der Waals surface area contributed by atoms with E-state index < -0.39 is 69.3 Å². The van der Waals surface area contributed by atoms with Gasteiger partial charge in [-0.15, -0.1) is 0 Å². The predicted molar refractivity (Wildman–Crippen MR) is 136 cm³/mol. The highest BCUT2D eigenvalue weighted by Crippen LogP contribution is 2.49. The number of ether oxygens (including phenoxy) is 2. The number of rotatable bonds is 7. The first kappa shape index (κ1) is 27.7. The molecule has 2 atom stereocenters. The van der Waals surface area contributed by atoms with Crippen LogP contribution in [0.2, 0.25) is 0 Å². The van der Waals surface area contributed by atoms with Crippen LogP contribution in [0.1, 0.15) is 30.0 Å². The fraction of sp³-hybridized carbons (Fsp3) is 0.231. The fourth-order valence-corrected chi connectivity index (χ4v) is 5.48. The van der Waals surface area contributed by atoms with Gasteiger partial charge in [0, 0.05) is 30.8 Å². The van der Waals surface area contributed by atoms with E-state index in [0.717, 1.165) is 35.1 Å². The lowest BCUT2D eigenvalue weighted by molar-refractivity contribution is -0.143. The van der Waals surface area contributed by atoms with Gasteiger partial charge in [-0.1, -0.05) is 12.1 Å². The number of nitrogens with one attached hydrogen (secondary N) is 1. The highest BCUT2D eigenvalue weighted by atomic mass is 32.2. The first-order chi connectivity index (χ1) is 19.4. The van der Waals surface area contributed by atoms with Crippen LogP contribution in [0.15, 0.2) is 53.4 Å². The number of imide groups is 2. The molecule has 1 aliphatic carbocycles. The molecule has 212 valence electrons. The number of nitrogens with zero attached hydrogens (tertiary/aromatic N) is 2. The summed E-state index contributed by atoms with van der Waals surface area (Å²) in [5.74, 6) is -3.17. The van der Waals surface area contributed by atoms with E-state index in [0.29, 0.717) is 16.7 Å². The molecule has 0 bridgehead atoms. The molecular formula is C26H21N3O11S. The second-order valence-electron chi connectivity index (χ2n) is 9.26. The Morgan fingerprint density at radius 1 is 1.00 bits per heavy atom.